The summed E-state index contributed by atoms with van der Waals surface area (Å²) in [5, 5.41) is 17.1. The van der Waals surface area contributed by atoms with Crippen molar-refractivity contribution in [2.75, 3.05) is 43.1 Å². The van der Waals surface area contributed by atoms with Crippen molar-refractivity contribution in [3.63, 3.8) is 0 Å². The van der Waals surface area contributed by atoms with Gasteiger partial charge in [-0.3, -0.25) is 4.79 Å². The molecule has 3 aromatic rings. The molecule has 1 fully saturated rings. The second-order valence-electron chi connectivity index (χ2n) is 7.92. The van der Waals surface area contributed by atoms with Crippen LogP contribution in [0.15, 0.2) is 59.5 Å². The van der Waals surface area contributed by atoms with E-state index in [2.05, 4.69) is 10.4 Å². The third-order valence-corrected chi connectivity index (χ3v) is 5.99. The molecule has 1 atom stereocenters. The van der Waals surface area contributed by atoms with Crippen LogP contribution in [0.2, 0.25) is 5.02 Å². The van der Waals surface area contributed by atoms with Crippen molar-refractivity contribution in [2.45, 2.75) is 12.8 Å². The Morgan fingerprint density at radius 2 is 1.88 bits per heavy atom. The number of benzene rings is 2. The second kappa shape index (κ2) is 10.8. The van der Waals surface area contributed by atoms with E-state index in [4.69, 9.17) is 16.3 Å². The Morgan fingerprint density at radius 3 is 2.52 bits per heavy atom. The molecule has 0 unspecified atom stereocenters. The average Bonchev–Trinajstić information content (AvgIpc) is 2.85. The fraction of sp³-hybridized carbons (Fsp3) is 0.333. The molecular formula is C24H26ClFN4O3. The van der Waals surface area contributed by atoms with E-state index in [-0.39, 0.29) is 17.4 Å². The predicted octanol–water partition coefficient (Wildman–Crippen LogP) is 3.99. The number of aromatic nitrogens is 2. The number of aliphatic hydroxyl groups excluding tert-OH is 1. The Balaban J connectivity index is 1.52. The lowest BCUT2D eigenvalue weighted by Crippen LogP contribution is -2.27. The quantitative estimate of drug-likeness (QED) is 0.516. The lowest BCUT2D eigenvalue weighted by atomic mass is 10.0. The van der Waals surface area contributed by atoms with E-state index in [9.17, 15) is 14.3 Å². The summed E-state index contributed by atoms with van der Waals surface area (Å²) >= 11 is 6.35. The molecule has 1 aliphatic heterocycles. The largest absolute Gasteiger partial charge is 0.395 e. The molecule has 174 valence electrons. The van der Waals surface area contributed by atoms with Crippen molar-refractivity contribution in [2.24, 2.45) is 5.92 Å². The monoisotopic (exact) mass is 472 g/mol. The Kier molecular flexibility index (Phi) is 7.59. The Hall–Kier alpha value is -2.94. The molecule has 0 radical (unpaired) electrons. The topological polar surface area (TPSA) is 79.6 Å². The summed E-state index contributed by atoms with van der Waals surface area (Å²) in [5.41, 5.74) is 2.17. The molecule has 4 rings (SSSR count). The first kappa shape index (κ1) is 23.2. The van der Waals surface area contributed by atoms with Crippen molar-refractivity contribution >= 4 is 28.7 Å². The average molecular weight is 473 g/mol. The molecule has 0 saturated carbocycles. The summed E-state index contributed by atoms with van der Waals surface area (Å²) in [6.07, 6.45) is 3.66. The van der Waals surface area contributed by atoms with Gasteiger partial charge in [0.25, 0.3) is 5.56 Å². The molecule has 0 aliphatic carbocycles. The van der Waals surface area contributed by atoms with Gasteiger partial charge in [-0.15, -0.1) is 0 Å². The Labute approximate surface area is 196 Å². The van der Waals surface area contributed by atoms with Crippen LogP contribution in [0.5, 0.6) is 0 Å². The number of hydrogen-bond acceptors (Lipinski definition) is 6. The van der Waals surface area contributed by atoms with Crippen LogP contribution in [0, 0.1) is 11.7 Å². The third-order valence-electron chi connectivity index (χ3n) is 5.62. The molecule has 0 spiro atoms. The summed E-state index contributed by atoms with van der Waals surface area (Å²) in [6, 6.07) is 13.2. The molecule has 2 aromatic carbocycles. The smallest absolute Gasteiger partial charge is 0.292 e. The van der Waals surface area contributed by atoms with Crippen LogP contribution >= 0.6 is 11.6 Å². The number of halogens is 2. The van der Waals surface area contributed by atoms with E-state index < -0.39 is 5.56 Å². The summed E-state index contributed by atoms with van der Waals surface area (Å²) in [5.74, 6) is 0.0538. The minimum absolute atomic E-state index is 0.0722. The van der Waals surface area contributed by atoms with Crippen LogP contribution in [-0.4, -0.2) is 47.8 Å². The maximum Gasteiger partial charge on any atom is 0.292 e. The summed E-state index contributed by atoms with van der Waals surface area (Å²) in [6.45, 7) is 2.43. The van der Waals surface area contributed by atoms with Crippen LogP contribution < -0.4 is 15.8 Å². The summed E-state index contributed by atoms with van der Waals surface area (Å²) in [7, 11) is 0. The highest BCUT2D eigenvalue weighted by Crippen LogP contribution is 2.26. The summed E-state index contributed by atoms with van der Waals surface area (Å²) < 4.78 is 20.0. The number of hydrogen-bond donors (Lipinski definition) is 2. The maximum atomic E-state index is 13.3. The first-order valence-electron chi connectivity index (χ1n) is 10.9. The molecule has 2 heterocycles. The Bertz CT molecular complexity index is 1120. The van der Waals surface area contributed by atoms with E-state index in [1.807, 2.05) is 17.0 Å². The van der Waals surface area contributed by atoms with Gasteiger partial charge in [0.05, 0.1) is 30.8 Å². The predicted molar refractivity (Wildman–Crippen MR) is 127 cm³/mol. The SMILES string of the molecule is O=c1c(Cl)c(NC[C@@H]2CCCOC2)cnn1-c1ccc(N(CCO)c2ccc(F)cc2)cc1. The zero-order valence-corrected chi connectivity index (χ0v) is 18.8. The van der Waals surface area contributed by atoms with Gasteiger partial charge >= 0.3 is 0 Å². The number of ether oxygens (including phenoxy) is 1. The van der Waals surface area contributed by atoms with Gasteiger partial charge in [-0.2, -0.15) is 9.78 Å². The van der Waals surface area contributed by atoms with Crippen molar-refractivity contribution in [3.05, 3.63) is 75.9 Å². The van der Waals surface area contributed by atoms with Gasteiger partial charge < -0.3 is 20.1 Å². The summed E-state index contributed by atoms with van der Waals surface area (Å²) in [4.78, 5) is 14.7. The van der Waals surface area contributed by atoms with Crippen LogP contribution in [0.25, 0.3) is 5.69 Å². The molecular weight excluding hydrogens is 447 g/mol. The van der Waals surface area contributed by atoms with Gasteiger partial charge in [0.2, 0.25) is 0 Å². The second-order valence-corrected chi connectivity index (χ2v) is 8.30. The van der Waals surface area contributed by atoms with Gasteiger partial charge in [-0.05, 0) is 67.3 Å². The van der Waals surface area contributed by atoms with E-state index in [0.717, 1.165) is 30.8 Å². The highest BCUT2D eigenvalue weighted by atomic mass is 35.5. The molecule has 0 bridgehead atoms. The molecule has 33 heavy (non-hydrogen) atoms. The van der Waals surface area contributed by atoms with Crippen molar-refractivity contribution in [1.82, 2.24) is 9.78 Å². The minimum atomic E-state index is -0.417. The van der Waals surface area contributed by atoms with Crippen LogP contribution in [0.3, 0.4) is 0 Å². The number of anilines is 3. The third kappa shape index (κ3) is 5.52. The first-order valence-corrected chi connectivity index (χ1v) is 11.3. The molecule has 7 nitrogen and oxygen atoms in total. The fourth-order valence-corrected chi connectivity index (χ4v) is 4.06. The number of rotatable bonds is 8. The van der Waals surface area contributed by atoms with Gasteiger partial charge in [0.15, 0.2) is 0 Å². The van der Waals surface area contributed by atoms with Gasteiger partial charge in [0, 0.05) is 31.1 Å². The molecule has 2 N–H and O–H groups in total. The van der Waals surface area contributed by atoms with Crippen LogP contribution in [0.4, 0.5) is 21.5 Å². The van der Waals surface area contributed by atoms with E-state index in [1.54, 1.807) is 30.5 Å². The van der Waals surface area contributed by atoms with E-state index in [1.165, 1.54) is 16.8 Å². The van der Waals surface area contributed by atoms with Crippen molar-refractivity contribution in [1.29, 1.82) is 0 Å². The lowest BCUT2D eigenvalue weighted by molar-refractivity contribution is 0.0595. The first-order chi connectivity index (χ1) is 16.1. The fourth-order valence-electron chi connectivity index (χ4n) is 3.86. The van der Waals surface area contributed by atoms with Crippen LogP contribution in [0.1, 0.15) is 12.8 Å². The van der Waals surface area contributed by atoms with Gasteiger partial charge in [-0.25, -0.2) is 4.39 Å². The highest BCUT2D eigenvalue weighted by molar-refractivity contribution is 6.32. The standard InChI is InChI=1S/C24H26ClFN4O3/c25-23-22(27-14-17-2-1-13-33-16-17)15-28-30(24(23)32)21-9-7-20(8-10-21)29(11-12-31)19-5-3-18(26)4-6-19/h3-10,15,17,27,31H,1-2,11-14,16H2/t17-/m0/s1. The van der Waals surface area contributed by atoms with Crippen LogP contribution in [-0.2, 0) is 4.74 Å². The van der Waals surface area contributed by atoms with Crippen molar-refractivity contribution in [3.8, 4) is 5.69 Å². The lowest BCUT2D eigenvalue weighted by Gasteiger charge is -2.24. The zero-order chi connectivity index (χ0) is 23.2. The number of nitrogens with one attached hydrogen (secondary N) is 1. The zero-order valence-electron chi connectivity index (χ0n) is 18.1. The molecule has 0 amide bonds. The van der Waals surface area contributed by atoms with E-state index >= 15 is 0 Å². The number of nitrogens with zero attached hydrogens (tertiary/aromatic N) is 3. The minimum Gasteiger partial charge on any atom is -0.395 e. The number of aliphatic hydroxyl groups is 1. The molecule has 1 aliphatic rings. The van der Waals surface area contributed by atoms with E-state index in [0.29, 0.717) is 37.0 Å². The Morgan fingerprint density at radius 1 is 1.18 bits per heavy atom. The molecule has 9 heteroatoms. The normalized spacial score (nSPS) is 15.9. The van der Waals surface area contributed by atoms with Gasteiger partial charge in [0.1, 0.15) is 10.8 Å². The highest BCUT2D eigenvalue weighted by Gasteiger charge is 2.16. The van der Waals surface area contributed by atoms with Gasteiger partial charge in [-0.1, -0.05) is 11.6 Å². The maximum absolute atomic E-state index is 13.3. The molecule has 1 saturated heterocycles. The van der Waals surface area contributed by atoms with Crippen molar-refractivity contribution < 1.29 is 14.2 Å². The molecule has 1 aromatic heterocycles.